The van der Waals surface area contributed by atoms with Crippen LogP contribution in [0.25, 0.3) is 0 Å². The SMILES string of the molecule is CC(C)CN(CC(C)C)c1nc2c(cc1C(=O)O)CCC2. The second-order valence-corrected chi connectivity index (χ2v) is 6.82. The summed E-state index contributed by atoms with van der Waals surface area (Å²) in [6.45, 7) is 10.3. The fourth-order valence-electron chi connectivity index (χ4n) is 2.99. The zero-order valence-electron chi connectivity index (χ0n) is 13.5. The van der Waals surface area contributed by atoms with Gasteiger partial charge in [0.2, 0.25) is 0 Å². The van der Waals surface area contributed by atoms with E-state index >= 15 is 0 Å². The third kappa shape index (κ3) is 3.74. The van der Waals surface area contributed by atoms with E-state index in [9.17, 15) is 9.90 Å². The van der Waals surface area contributed by atoms with E-state index in [1.165, 1.54) is 0 Å². The standard InChI is InChI=1S/C17H26N2O2/c1-11(2)9-19(10-12(3)4)16-14(17(20)21)8-13-6-5-7-15(13)18-16/h8,11-12H,5-7,9-10H2,1-4H3,(H,20,21). The van der Waals surface area contributed by atoms with Gasteiger partial charge in [0.15, 0.2) is 0 Å². The second-order valence-electron chi connectivity index (χ2n) is 6.82. The third-order valence-electron chi connectivity index (χ3n) is 3.73. The Balaban J connectivity index is 2.44. The van der Waals surface area contributed by atoms with Gasteiger partial charge in [0.05, 0.1) is 0 Å². The summed E-state index contributed by atoms with van der Waals surface area (Å²) in [6, 6.07) is 1.85. The molecule has 0 radical (unpaired) electrons. The number of anilines is 1. The van der Waals surface area contributed by atoms with E-state index in [0.717, 1.165) is 43.6 Å². The van der Waals surface area contributed by atoms with Crippen LogP contribution in [0, 0.1) is 11.8 Å². The van der Waals surface area contributed by atoms with Crippen LogP contribution in [0.3, 0.4) is 0 Å². The lowest BCUT2D eigenvalue weighted by Crippen LogP contribution is -2.33. The Hall–Kier alpha value is -1.58. The Morgan fingerprint density at radius 1 is 1.24 bits per heavy atom. The molecule has 0 aliphatic heterocycles. The van der Waals surface area contributed by atoms with E-state index in [2.05, 4.69) is 32.6 Å². The molecular formula is C17H26N2O2. The van der Waals surface area contributed by atoms with E-state index in [1.807, 2.05) is 6.07 Å². The zero-order chi connectivity index (χ0) is 15.6. The Labute approximate surface area is 127 Å². The Bertz CT molecular complexity index is 514. The number of pyridine rings is 1. The van der Waals surface area contributed by atoms with Crippen molar-refractivity contribution in [3.63, 3.8) is 0 Å². The maximum absolute atomic E-state index is 11.6. The van der Waals surface area contributed by atoms with Gasteiger partial charge in [-0.1, -0.05) is 27.7 Å². The summed E-state index contributed by atoms with van der Waals surface area (Å²) in [5.74, 6) is 0.733. The molecule has 4 heteroatoms. The number of rotatable bonds is 6. The van der Waals surface area contributed by atoms with Gasteiger partial charge in [-0.15, -0.1) is 0 Å². The normalized spacial score (nSPS) is 13.8. The van der Waals surface area contributed by atoms with Crippen LogP contribution >= 0.6 is 0 Å². The second kappa shape index (κ2) is 6.46. The lowest BCUT2D eigenvalue weighted by atomic mass is 10.1. The molecule has 1 N–H and O–H groups in total. The highest BCUT2D eigenvalue weighted by Gasteiger charge is 2.24. The predicted molar refractivity (Wildman–Crippen MR) is 85.1 cm³/mol. The van der Waals surface area contributed by atoms with Crippen LogP contribution in [-0.4, -0.2) is 29.1 Å². The number of nitrogens with zero attached hydrogens (tertiary/aromatic N) is 2. The number of aryl methyl sites for hydroxylation is 2. The number of carboxylic acid groups (broad SMARTS) is 1. The molecule has 2 rings (SSSR count). The lowest BCUT2D eigenvalue weighted by molar-refractivity contribution is 0.0697. The molecule has 0 unspecified atom stereocenters. The molecule has 21 heavy (non-hydrogen) atoms. The van der Waals surface area contributed by atoms with Crippen LogP contribution < -0.4 is 4.90 Å². The summed E-state index contributed by atoms with van der Waals surface area (Å²) in [5, 5.41) is 9.55. The number of fused-ring (bicyclic) bond motifs is 1. The molecule has 0 saturated carbocycles. The number of hydrogen-bond donors (Lipinski definition) is 1. The van der Waals surface area contributed by atoms with Crippen LogP contribution in [0.1, 0.15) is 55.7 Å². The highest BCUT2D eigenvalue weighted by molar-refractivity contribution is 5.93. The first-order valence-corrected chi connectivity index (χ1v) is 7.89. The smallest absolute Gasteiger partial charge is 0.339 e. The van der Waals surface area contributed by atoms with Gasteiger partial charge < -0.3 is 10.0 Å². The maximum atomic E-state index is 11.6. The van der Waals surface area contributed by atoms with Gasteiger partial charge in [-0.25, -0.2) is 9.78 Å². The minimum absolute atomic E-state index is 0.358. The highest BCUT2D eigenvalue weighted by atomic mass is 16.4. The van der Waals surface area contributed by atoms with Gasteiger partial charge in [0.25, 0.3) is 0 Å². The van der Waals surface area contributed by atoms with Crippen molar-refractivity contribution in [1.82, 2.24) is 4.98 Å². The van der Waals surface area contributed by atoms with E-state index in [-0.39, 0.29) is 0 Å². The third-order valence-corrected chi connectivity index (χ3v) is 3.73. The monoisotopic (exact) mass is 290 g/mol. The molecule has 1 aliphatic carbocycles. The van der Waals surface area contributed by atoms with E-state index in [0.29, 0.717) is 23.2 Å². The number of hydrogen-bond acceptors (Lipinski definition) is 3. The zero-order valence-corrected chi connectivity index (χ0v) is 13.5. The minimum Gasteiger partial charge on any atom is -0.478 e. The van der Waals surface area contributed by atoms with E-state index in [1.54, 1.807) is 0 Å². The van der Waals surface area contributed by atoms with E-state index < -0.39 is 5.97 Å². The van der Waals surface area contributed by atoms with Crippen molar-refractivity contribution < 1.29 is 9.90 Å². The molecule has 0 amide bonds. The molecular weight excluding hydrogens is 264 g/mol. The minimum atomic E-state index is -0.871. The molecule has 1 heterocycles. The largest absolute Gasteiger partial charge is 0.478 e. The average molecular weight is 290 g/mol. The molecule has 0 aromatic carbocycles. The summed E-state index contributed by atoms with van der Waals surface area (Å²) >= 11 is 0. The molecule has 0 fully saturated rings. The Morgan fingerprint density at radius 2 is 1.86 bits per heavy atom. The quantitative estimate of drug-likeness (QED) is 0.872. The molecule has 0 spiro atoms. The average Bonchev–Trinajstić information content (AvgIpc) is 2.82. The van der Waals surface area contributed by atoms with Crippen LogP contribution in [0.5, 0.6) is 0 Å². The van der Waals surface area contributed by atoms with Crippen LogP contribution in [0.2, 0.25) is 0 Å². The topological polar surface area (TPSA) is 53.4 Å². The molecule has 1 aromatic rings. The van der Waals surface area contributed by atoms with Gasteiger partial charge >= 0.3 is 5.97 Å². The number of aromatic carboxylic acids is 1. The van der Waals surface area contributed by atoms with Gasteiger partial charge in [0, 0.05) is 18.8 Å². The van der Waals surface area contributed by atoms with Crippen molar-refractivity contribution >= 4 is 11.8 Å². The Morgan fingerprint density at radius 3 is 2.38 bits per heavy atom. The first kappa shape index (κ1) is 15.8. The van der Waals surface area contributed by atoms with Crippen molar-refractivity contribution in [1.29, 1.82) is 0 Å². The highest BCUT2D eigenvalue weighted by Crippen LogP contribution is 2.28. The number of carboxylic acids is 1. The van der Waals surface area contributed by atoms with E-state index in [4.69, 9.17) is 4.98 Å². The summed E-state index contributed by atoms with van der Waals surface area (Å²) in [7, 11) is 0. The van der Waals surface area contributed by atoms with Gasteiger partial charge in [0.1, 0.15) is 11.4 Å². The van der Waals surface area contributed by atoms with Gasteiger partial charge in [-0.2, -0.15) is 0 Å². The summed E-state index contributed by atoms with van der Waals surface area (Å²) < 4.78 is 0. The molecule has 116 valence electrons. The van der Waals surface area contributed by atoms with Crippen molar-refractivity contribution in [3.8, 4) is 0 Å². The molecule has 1 aliphatic rings. The molecule has 1 aromatic heterocycles. The number of carbonyl (C=O) groups is 1. The fraction of sp³-hybridized carbons (Fsp3) is 0.647. The number of aromatic nitrogens is 1. The maximum Gasteiger partial charge on any atom is 0.339 e. The molecule has 4 nitrogen and oxygen atoms in total. The molecule has 0 saturated heterocycles. The summed E-state index contributed by atoms with van der Waals surface area (Å²) in [4.78, 5) is 18.5. The van der Waals surface area contributed by atoms with Gasteiger partial charge in [-0.3, -0.25) is 0 Å². The first-order valence-electron chi connectivity index (χ1n) is 7.89. The molecule has 0 bridgehead atoms. The van der Waals surface area contributed by atoms with Crippen molar-refractivity contribution in [2.24, 2.45) is 11.8 Å². The molecule has 0 atom stereocenters. The van der Waals surface area contributed by atoms with Crippen molar-refractivity contribution in [2.45, 2.75) is 47.0 Å². The van der Waals surface area contributed by atoms with Gasteiger partial charge in [-0.05, 0) is 42.7 Å². The van der Waals surface area contributed by atoms with Crippen LogP contribution in [0.15, 0.2) is 6.07 Å². The van der Waals surface area contributed by atoms with Crippen LogP contribution in [0.4, 0.5) is 5.82 Å². The first-order chi connectivity index (χ1) is 9.88. The predicted octanol–water partition coefficient (Wildman–Crippen LogP) is 3.39. The van der Waals surface area contributed by atoms with Crippen molar-refractivity contribution in [2.75, 3.05) is 18.0 Å². The lowest BCUT2D eigenvalue weighted by Gasteiger charge is -2.29. The summed E-state index contributed by atoms with van der Waals surface area (Å²) in [6.07, 6.45) is 3.01. The summed E-state index contributed by atoms with van der Waals surface area (Å²) in [5.41, 5.74) is 2.56. The van der Waals surface area contributed by atoms with Crippen molar-refractivity contribution in [3.05, 3.63) is 22.9 Å². The Kier molecular flexibility index (Phi) is 4.86. The van der Waals surface area contributed by atoms with Crippen LogP contribution in [-0.2, 0) is 12.8 Å². The fourth-order valence-corrected chi connectivity index (χ4v) is 2.99.